The molecule has 0 aliphatic rings. The Balaban J connectivity index is 2.03. The normalized spacial score (nSPS) is 11.9. The van der Waals surface area contributed by atoms with Crippen LogP contribution in [0.1, 0.15) is 40.8 Å². The quantitative estimate of drug-likeness (QED) is 0.783. The zero-order chi connectivity index (χ0) is 16.3. The molecule has 0 aliphatic heterocycles. The molecule has 0 radical (unpaired) electrons. The Bertz CT molecular complexity index is 672. The Kier molecular flexibility index (Phi) is 5.19. The third kappa shape index (κ3) is 4.31. The number of hydrogen-bond donors (Lipinski definition) is 2. The third-order valence-corrected chi connectivity index (χ3v) is 4.08. The SMILES string of the molecule is Cc1cc(C)cc(NC(=S)N[C@@H](C)c2ccc(C)c(C)c2)c1. The highest BCUT2D eigenvalue weighted by atomic mass is 32.1. The van der Waals surface area contributed by atoms with Crippen molar-refractivity contribution in [2.75, 3.05) is 5.32 Å². The Hall–Kier alpha value is -1.87. The number of benzene rings is 2. The van der Waals surface area contributed by atoms with E-state index in [1.807, 2.05) is 0 Å². The van der Waals surface area contributed by atoms with Crippen molar-refractivity contribution in [2.24, 2.45) is 0 Å². The maximum absolute atomic E-state index is 5.44. The maximum atomic E-state index is 5.44. The minimum Gasteiger partial charge on any atom is -0.356 e. The molecule has 0 saturated heterocycles. The molecule has 0 spiro atoms. The Morgan fingerprint density at radius 3 is 2.14 bits per heavy atom. The molecule has 2 nitrogen and oxygen atoms in total. The standard InChI is InChI=1S/C19H24N2S/c1-12-8-13(2)10-18(9-12)21-19(22)20-16(5)17-7-6-14(3)15(4)11-17/h6-11,16H,1-5H3,(H2,20,21,22)/t16-/m0/s1. The molecule has 116 valence electrons. The largest absolute Gasteiger partial charge is 0.356 e. The van der Waals surface area contributed by atoms with Crippen molar-refractivity contribution in [2.45, 2.75) is 40.7 Å². The molecule has 2 N–H and O–H groups in total. The lowest BCUT2D eigenvalue weighted by Crippen LogP contribution is -2.31. The summed E-state index contributed by atoms with van der Waals surface area (Å²) in [6, 6.07) is 13.0. The van der Waals surface area contributed by atoms with Crippen LogP contribution in [0.15, 0.2) is 36.4 Å². The van der Waals surface area contributed by atoms with Crippen LogP contribution in [0.4, 0.5) is 5.69 Å². The van der Waals surface area contributed by atoms with Gasteiger partial charge in [0.2, 0.25) is 0 Å². The van der Waals surface area contributed by atoms with E-state index in [1.165, 1.54) is 27.8 Å². The van der Waals surface area contributed by atoms with Gasteiger partial charge in [0.15, 0.2) is 5.11 Å². The summed E-state index contributed by atoms with van der Waals surface area (Å²) in [4.78, 5) is 0. The first kappa shape index (κ1) is 16.5. The highest BCUT2D eigenvalue weighted by Crippen LogP contribution is 2.18. The van der Waals surface area contributed by atoms with Gasteiger partial charge >= 0.3 is 0 Å². The van der Waals surface area contributed by atoms with Crippen LogP contribution >= 0.6 is 12.2 Å². The van der Waals surface area contributed by atoms with Gasteiger partial charge in [-0.3, -0.25) is 0 Å². The van der Waals surface area contributed by atoms with Crippen LogP contribution in [-0.4, -0.2) is 5.11 Å². The Morgan fingerprint density at radius 1 is 0.909 bits per heavy atom. The van der Waals surface area contributed by atoms with E-state index in [1.54, 1.807) is 0 Å². The third-order valence-electron chi connectivity index (χ3n) is 3.86. The van der Waals surface area contributed by atoms with Crippen LogP contribution in [0.25, 0.3) is 0 Å². The Labute approximate surface area is 139 Å². The predicted octanol–water partition coefficient (Wildman–Crippen LogP) is 4.97. The minimum atomic E-state index is 0.171. The van der Waals surface area contributed by atoms with E-state index < -0.39 is 0 Å². The van der Waals surface area contributed by atoms with Crippen LogP contribution < -0.4 is 10.6 Å². The molecule has 2 aromatic carbocycles. The van der Waals surface area contributed by atoms with Gasteiger partial charge in [-0.25, -0.2) is 0 Å². The first-order chi connectivity index (χ1) is 10.3. The van der Waals surface area contributed by atoms with E-state index in [0.717, 1.165) is 5.69 Å². The highest BCUT2D eigenvalue weighted by Gasteiger charge is 2.08. The summed E-state index contributed by atoms with van der Waals surface area (Å²) >= 11 is 5.44. The van der Waals surface area contributed by atoms with E-state index in [0.29, 0.717) is 5.11 Å². The average Bonchev–Trinajstić information content (AvgIpc) is 2.40. The van der Waals surface area contributed by atoms with Crippen molar-refractivity contribution in [3.8, 4) is 0 Å². The molecule has 0 saturated carbocycles. The monoisotopic (exact) mass is 312 g/mol. The molecule has 3 heteroatoms. The topological polar surface area (TPSA) is 24.1 Å². The zero-order valence-electron chi connectivity index (χ0n) is 13.9. The number of nitrogens with one attached hydrogen (secondary N) is 2. The summed E-state index contributed by atoms with van der Waals surface area (Å²) in [5.74, 6) is 0. The van der Waals surface area contributed by atoms with E-state index in [4.69, 9.17) is 12.2 Å². The number of hydrogen-bond acceptors (Lipinski definition) is 1. The lowest BCUT2D eigenvalue weighted by Gasteiger charge is -2.18. The van der Waals surface area contributed by atoms with Gasteiger partial charge in [-0.15, -0.1) is 0 Å². The lowest BCUT2D eigenvalue weighted by molar-refractivity contribution is 0.721. The maximum Gasteiger partial charge on any atom is 0.171 e. The molecule has 0 fully saturated rings. The number of thiocarbonyl (C=S) groups is 1. The first-order valence-corrected chi connectivity index (χ1v) is 7.99. The van der Waals surface area contributed by atoms with Crippen molar-refractivity contribution in [1.82, 2.24) is 5.32 Å². The van der Waals surface area contributed by atoms with Gasteiger partial charge in [-0.05, 0) is 86.8 Å². The fourth-order valence-corrected chi connectivity index (χ4v) is 2.82. The van der Waals surface area contributed by atoms with E-state index >= 15 is 0 Å². The minimum absolute atomic E-state index is 0.171. The van der Waals surface area contributed by atoms with Crippen LogP contribution in [0, 0.1) is 27.7 Å². The van der Waals surface area contributed by atoms with Crippen molar-refractivity contribution in [3.05, 3.63) is 64.2 Å². The van der Waals surface area contributed by atoms with Gasteiger partial charge in [-0.2, -0.15) is 0 Å². The second-order valence-electron chi connectivity index (χ2n) is 6.04. The van der Waals surface area contributed by atoms with Crippen LogP contribution in [0.2, 0.25) is 0 Å². The van der Waals surface area contributed by atoms with Crippen LogP contribution in [-0.2, 0) is 0 Å². The van der Waals surface area contributed by atoms with E-state index in [-0.39, 0.29) is 6.04 Å². The summed E-state index contributed by atoms with van der Waals surface area (Å²) in [7, 11) is 0. The van der Waals surface area contributed by atoms with Gasteiger partial charge < -0.3 is 10.6 Å². The van der Waals surface area contributed by atoms with Gasteiger partial charge in [0.05, 0.1) is 6.04 Å². The second-order valence-corrected chi connectivity index (χ2v) is 6.45. The summed E-state index contributed by atoms with van der Waals surface area (Å²) in [5.41, 5.74) is 7.35. The van der Waals surface area contributed by atoms with Crippen molar-refractivity contribution in [1.29, 1.82) is 0 Å². The molecule has 0 heterocycles. The average molecular weight is 312 g/mol. The lowest BCUT2D eigenvalue weighted by atomic mass is 10.0. The number of aryl methyl sites for hydroxylation is 4. The van der Waals surface area contributed by atoms with Crippen LogP contribution in [0.3, 0.4) is 0 Å². The summed E-state index contributed by atoms with van der Waals surface area (Å²) < 4.78 is 0. The van der Waals surface area contributed by atoms with Gasteiger partial charge in [-0.1, -0.05) is 24.3 Å². The molecular formula is C19H24N2S. The molecule has 0 amide bonds. The number of anilines is 1. The van der Waals surface area contributed by atoms with Crippen molar-refractivity contribution >= 4 is 23.0 Å². The molecule has 2 rings (SSSR count). The van der Waals surface area contributed by atoms with Crippen LogP contribution in [0.5, 0.6) is 0 Å². The highest BCUT2D eigenvalue weighted by molar-refractivity contribution is 7.80. The molecule has 0 bridgehead atoms. The van der Waals surface area contributed by atoms with Crippen molar-refractivity contribution < 1.29 is 0 Å². The van der Waals surface area contributed by atoms with E-state index in [2.05, 4.69) is 81.7 Å². The summed E-state index contributed by atoms with van der Waals surface area (Å²) in [6.07, 6.45) is 0. The molecule has 22 heavy (non-hydrogen) atoms. The van der Waals surface area contributed by atoms with Gasteiger partial charge in [0.1, 0.15) is 0 Å². The summed E-state index contributed by atoms with van der Waals surface area (Å²) in [6.45, 7) is 10.6. The predicted molar refractivity (Wildman–Crippen MR) is 99.6 cm³/mol. The summed E-state index contributed by atoms with van der Waals surface area (Å²) in [5, 5.41) is 7.27. The fraction of sp³-hybridized carbons (Fsp3) is 0.316. The Morgan fingerprint density at radius 2 is 1.55 bits per heavy atom. The molecule has 2 aromatic rings. The first-order valence-electron chi connectivity index (χ1n) is 7.58. The van der Waals surface area contributed by atoms with Gasteiger partial charge in [0, 0.05) is 5.69 Å². The molecular weight excluding hydrogens is 288 g/mol. The fourth-order valence-electron chi connectivity index (χ4n) is 2.53. The van der Waals surface area contributed by atoms with E-state index in [9.17, 15) is 0 Å². The second kappa shape index (κ2) is 6.93. The zero-order valence-corrected chi connectivity index (χ0v) is 14.8. The molecule has 0 aliphatic carbocycles. The molecule has 0 unspecified atom stereocenters. The molecule has 0 aromatic heterocycles. The van der Waals surface area contributed by atoms with Gasteiger partial charge in [0.25, 0.3) is 0 Å². The number of rotatable bonds is 3. The van der Waals surface area contributed by atoms with Crippen molar-refractivity contribution in [3.63, 3.8) is 0 Å². The smallest absolute Gasteiger partial charge is 0.171 e. The molecule has 1 atom stereocenters.